The molecule has 1 aliphatic rings. The SMILES string of the molecule is COc1ccc(N2C(=O)C[C@@H](Nc3ccccc3Cl)C2=O)c(OC)c1. The molecule has 1 aliphatic heterocycles. The van der Waals surface area contributed by atoms with E-state index < -0.39 is 6.04 Å². The van der Waals surface area contributed by atoms with Gasteiger partial charge >= 0.3 is 0 Å². The molecule has 2 amide bonds. The molecule has 0 aliphatic carbocycles. The number of hydrogen-bond acceptors (Lipinski definition) is 5. The molecule has 0 spiro atoms. The Morgan fingerprint density at radius 1 is 1.12 bits per heavy atom. The molecule has 25 heavy (non-hydrogen) atoms. The summed E-state index contributed by atoms with van der Waals surface area (Å²) in [6.45, 7) is 0. The van der Waals surface area contributed by atoms with E-state index in [-0.39, 0.29) is 18.2 Å². The van der Waals surface area contributed by atoms with Gasteiger partial charge in [-0.1, -0.05) is 23.7 Å². The lowest BCUT2D eigenvalue weighted by Gasteiger charge is -2.19. The first-order chi connectivity index (χ1) is 12.0. The van der Waals surface area contributed by atoms with Crippen molar-refractivity contribution in [3.63, 3.8) is 0 Å². The minimum absolute atomic E-state index is 0.0409. The number of methoxy groups -OCH3 is 2. The second-order valence-corrected chi connectivity index (χ2v) is 5.89. The number of ether oxygens (including phenoxy) is 2. The summed E-state index contributed by atoms with van der Waals surface area (Å²) in [4.78, 5) is 26.3. The first kappa shape index (κ1) is 17.1. The van der Waals surface area contributed by atoms with Crippen LogP contribution < -0.4 is 19.7 Å². The zero-order valence-electron chi connectivity index (χ0n) is 13.8. The number of para-hydroxylation sites is 1. The lowest BCUT2D eigenvalue weighted by atomic mass is 10.2. The molecular formula is C18H17ClN2O4. The molecule has 1 fully saturated rings. The van der Waals surface area contributed by atoms with Gasteiger partial charge in [0.25, 0.3) is 5.91 Å². The Kier molecular flexibility index (Phi) is 4.81. The highest BCUT2D eigenvalue weighted by Crippen LogP contribution is 2.36. The Bertz CT molecular complexity index is 824. The van der Waals surface area contributed by atoms with Gasteiger partial charge in [-0.25, -0.2) is 4.90 Å². The van der Waals surface area contributed by atoms with Crippen LogP contribution in [-0.2, 0) is 9.59 Å². The fourth-order valence-electron chi connectivity index (χ4n) is 2.73. The van der Waals surface area contributed by atoms with E-state index in [1.807, 2.05) is 0 Å². The molecule has 2 aromatic carbocycles. The summed E-state index contributed by atoms with van der Waals surface area (Å²) < 4.78 is 10.4. The fourth-order valence-corrected chi connectivity index (χ4v) is 2.92. The number of amides is 2. The number of nitrogens with one attached hydrogen (secondary N) is 1. The number of carbonyl (C=O) groups is 2. The van der Waals surface area contributed by atoms with Crippen molar-refractivity contribution in [3.05, 3.63) is 47.5 Å². The van der Waals surface area contributed by atoms with Crippen molar-refractivity contribution in [2.75, 3.05) is 24.4 Å². The van der Waals surface area contributed by atoms with Crippen LogP contribution in [0.1, 0.15) is 6.42 Å². The third-order valence-corrected chi connectivity index (χ3v) is 4.31. The number of rotatable bonds is 5. The minimum Gasteiger partial charge on any atom is -0.497 e. The van der Waals surface area contributed by atoms with Gasteiger partial charge in [-0.05, 0) is 24.3 Å². The first-order valence-corrected chi connectivity index (χ1v) is 8.03. The smallest absolute Gasteiger partial charge is 0.256 e. The van der Waals surface area contributed by atoms with Crippen molar-refractivity contribution < 1.29 is 19.1 Å². The summed E-state index contributed by atoms with van der Waals surface area (Å²) in [7, 11) is 3.01. The van der Waals surface area contributed by atoms with Gasteiger partial charge in [-0.3, -0.25) is 9.59 Å². The molecule has 1 saturated heterocycles. The molecule has 1 heterocycles. The van der Waals surface area contributed by atoms with E-state index in [1.54, 1.807) is 42.5 Å². The minimum atomic E-state index is -0.681. The number of benzene rings is 2. The van der Waals surface area contributed by atoms with Gasteiger partial charge in [0, 0.05) is 6.07 Å². The number of halogens is 1. The Hall–Kier alpha value is -2.73. The van der Waals surface area contributed by atoms with Gasteiger partial charge in [0.2, 0.25) is 5.91 Å². The first-order valence-electron chi connectivity index (χ1n) is 7.65. The maximum Gasteiger partial charge on any atom is 0.256 e. The lowest BCUT2D eigenvalue weighted by Crippen LogP contribution is -2.35. The van der Waals surface area contributed by atoms with E-state index >= 15 is 0 Å². The number of hydrogen-bond donors (Lipinski definition) is 1. The number of imide groups is 1. The molecule has 1 N–H and O–H groups in total. The molecule has 0 aromatic heterocycles. The van der Waals surface area contributed by atoms with E-state index in [4.69, 9.17) is 21.1 Å². The summed E-state index contributed by atoms with van der Waals surface area (Å²) in [5.74, 6) is 0.302. The largest absolute Gasteiger partial charge is 0.497 e. The molecule has 6 nitrogen and oxygen atoms in total. The van der Waals surface area contributed by atoms with Crippen LogP contribution in [0.15, 0.2) is 42.5 Å². The Labute approximate surface area is 150 Å². The van der Waals surface area contributed by atoms with Gasteiger partial charge < -0.3 is 14.8 Å². The van der Waals surface area contributed by atoms with Crippen LogP contribution in [0, 0.1) is 0 Å². The molecule has 7 heteroatoms. The third-order valence-electron chi connectivity index (χ3n) is 3.98. The topological polar surface area (TPSA) is 67.9 Å². The van der Waals surface area contributed by atoms with Gasteiger partial charge in [-0.15, -0.1) is 0 Å². The average molecular weight is 361 g/mol. The summed E-state index contributed by atoms with van der Waals surface area (Å²) in [5, 5.41) is 3.53. The lowest BCUT2D eigenvalue weighted by molar-refractivity contribution is -0.121. The van der Waals surface area contributed by atoms with Crippen molar-refractivity contribution >= 4 is 34.8 Å². The van der Waals surface area contributed by atoms with E-state index in [0.717, 1.165) is 4.90 Å². The van der Waals surface area contributed by atoms with Crippen molar-refractivity contribution in [1.29, 1.82) is 0 Å². The maximum atomic E-state index is 12.8. The molecule has 1 atom stereocenters. The second-order valence-electron chi connectivity index (χ2n) is 5.49. The number of nitrogens with zero attached hydrogens (tertiary/aromatic N) is 1. The summed E-state index contributed by atoms with van der Waals surface area (Å²) in [6.07, 6.45) is 0.0409. The van der Waals surface area contributed by atoms with Crippen LogP contribution >= 0.6 is 11.6 Å². The molecule has 3 rings (SSSR count). The molecular weight excluding hydrogens is 344 g/mol. The average Bonchev–Trinajstić information content (AvgIpc) is 2.90. The summed E-state index contributed by atoms with van der Waals surface area (Å²) in [5.41, 5.74) is 1.00. The van der Waals surface area contributed by atoms with Crippen LogP contribution in [-0.4, -0.2) is 32.1 Å². The predicted octanol–water partition coefficient (Wildman–Crippen LogP) is 3.10. The summed E-state index contributed by atoms with van der Waals surface area (Å²) >= 11 is 6.11. The third kappa shape index (κ3) is 3.25. The van der Waals surface area contributed by atoms with Crippen LogP contribution in [0.3, 0.4) is 0 Å². The van der Waals surface area contributed by atoms with Crippen molar-refractivity contribution in [1.82, 2.24) is 0 Å². The van der Waals surface area contributed by atoms with Gasteiger partial charge in [-0.2, -0.15) is 0 Å². The Morgan fingerprint density at radius 2 is 1.88 bits per heavy atom. The highest BCUT2D eigenvalue weighted by molar-refractivity contribution is 6.33. The molecule has 2 aromatic rings. The zero-order chi connectivity index (χ0) is 18.0. The number of carbonyl (C=O) groups excluding carboxylic acids is 2. The van der Waals surface area contributed by atoms with Crippen LogP contribution in [0.4, 0.5) is 11.4 Å². The van der Waals surface area contributed by atoms with Gasteiger partial charge in [0.15, 0.2) is 0 Å². The molecule has 0 saturated carbocycles. The number of anilines is 2. The van der Waals surface area contributed by atoms with Crippen molar-refractivity contribution in [2.45, 2.75) is 12.5 Å². The second kappa shape index (κ2) is 7.03. The standard InChI is InChI=1S/C18H17ClN2O4/c1-24-11-7-8-15(16(9-11)25-2)21-17(22)10-14(18(21)23)20-13-6-4-3-5-12(13)19/h3-9,14,20H,10H2,1-2H3/t14-/m1/s1. The Morgan fingerprint density at radius 3 is 2.56 bits per heavy atom. The van der Waals surface area contributed by atoms with Crippen LogP contribution in [0.25, 0.3) is 0 Å². The highest BCUT2D eigenvalue weighted by atomic mass is 35.5. The highest BCUT2D eigenvalue weighted by Gasteiger charge is 2.41. The molecule has 0 bridgehead atoms. The fraction of sp³-hybridized carbons (Fsp3) is 0.222. The van der Waals surface area contributed by atoms with E-state index in [9.17, 15) is 9.59 Å². The predicted molar refractivity (Wildman–Crippen MR) is 95.5 cm³/mol. The van der Waals surface area contributed by atoms with Crippen LogP contribution in [0.5, 0.6) is 11.5 Å². The zero-order valence-corrected chi connectivity index (χ0v) is 14.5. The summed E-state index contributed by atoms with van der Waals surface area (Å²) in [6, 6.07) is 11.3. The Balaban J connectivity index is 1.88. The maximum absolute atomic E-state index is 12.8. The molecule has 0 unspecified atom stereocenters. The molecule has 0 radical (unpaired) electrons. The van der Waals surface area contributed by atoms with E-state index in [1.165, 1.54) is 14.2 Å². The van der Waals surface area contributed by atoms with Crippen LogP contribution in [0.2, 0.25) is 5.02 Å². The quantitative estimate of drug-likeness (QED) is 0.830. The van der Waals surface area contributed by atoms with E-state index in [0.29, 0.717) is 27.9 Å². The van der Waals surface area contributed by atoms with Crippen molar-refractivity contribution in [3.8, 4) is 11.5 Å². The van der Waals surface area contributed by atoms with Gasteiger partial charge in [0.1, 0.15) is 17.5 Å². The normalized spacial score (nSPS) is 16.9. The van der Waals surface area contributed by atoms with Crippen molar-refractivity contribution in [2.24, 2.45) is 0 Å². The van der Waals surface area contributed by atoms with E-state index in [2.05, 4.69) is 5.32 Å². The van der Waals surface area contributed by atoms with Gasteiger partial charge in [0.05, 0.1) is 37.0 Å². The monoisotopic (exact) mass is 360 g/mol. The molecule has 130 valence electrons.